The van der Waals surface area contributed by atoms with Crippen LogP contribution in [0.3, 0.4) is 0 Å². The number of aromatic nitrogens is 2. The van der Waals surface area contributed by atoms with Gasteiger partial charge in [0.05, 0.1) is 6.54 Å². The van der Waals surface area contributed by atoms with E-state index in [4.69, 9.17) is 0 Å². The third kappa shape index (κ3) is 4.85. The molecular weight excluding hydrogens is 430 g/mol. The third-order valence-electron chi connectivity index (χ3n) is 6.29. The number of fused-ring (bicyclic) bond motifs is 1. The zero-order valence-corrected chi connectivity index (χ0v) is 19.5. The second-order valence-corrected chi connectivity index (χ2v) is 8.72. The Morgan fingerprint density at radius 1 is 1.00 bits per heavy atom. The molecule has 0 saturated heterocycles. The monoisotopic (exact) mass is 459 g/mol. The van der Waals surface area contributed by atoms with Crippen molar-refractivity contribution in [2.24, 2.45) is 0 Å². The second kappa shape index (κ2) is 9.91. The van der Waals surface area contributed by atoms with Crippen molar-refractivity contribution in [3.63, 3.8) is 0 Å². The van der Waals surface area contributed by atoms with Gasteiger partial charge in [0.25, 0.3) is 11.8 Å². The van der Waals surface area contributed by atoms with E-state index in [1.54, 1.807) is 14.0 Å². The number of carbonyl (C=O) groups is 3. The molecule has 3 amide bonds. The summed E-state index contributed by atoms with van der Waals surface area (Å²) in [6.07, 6.45) is 1.66. The zero-order valence-electron chi connectivity index (χ0n) is 19.5. The molecule has 2 heterocycles. The van der Waals surface area contributed by atoms with Gasteiger partial charge in [0.1, 0.15) is 11.2 Å². The van der Waals surface area contributed by atoms with E-state index in [-0.39, 0.29) is 30.0 Å². The van der Waals surface area contributed by atoms with Gasteiger partial charge in [-0.15, -0.1) is 0 Å². The van der Waals surface area contributed by atoms with Gasteiger partial charge in [0, 0.05) is 26.2 Å². The number of hydrogen-bond acceptors (Lipinski definition) is 4. The number of carbonyl (C=O) groups excluding carboxylic acids is 3. The molecule has 34 heavy (non-hydrogen) atoms. The summed E-state index contributed by atoms with van der Waals surface area (Å²) in [6.45, 7) is 2.73. The van der Waals surface area contributed by atoms with Gasteiger partial charge in [0.2, 0.25) is 5.91 Å². The predicted molar refractivity (Wildman–Crippen MR) is 128 cm³/mol. The fourth-order valence-electron chi connectivity index (χ4n) is 4.04. The van der Waals surface area contributed by atoms with Crippen molar-refractivity contribution in [1.29, 1.82) is 0 Å². The molecule has 0 unspecified atom stereocenters. The van der Waals surface area contributed by atoms with Gasteiger partial charge in [0.15, 0.2) is 5.69 Å². The summed E-state index contributed by atoms with van der Waals surface area (Å²) in [4.78, 5) is 40.1. The highest BCUT2D eigenvalue weighted by atomic mass is 16.2. The molecule has 0 bridgehead atoms. The maximum Gasteiger partial charge on any atom is 0.272 e. The van der Waals surface area contributed by atoms with Gasteiger partial charge in [-0.3, -0.25) is 19.1 Å². The van der Waals surface area contributed by atoms with E-state index in [0.717, 1.165) is 18.4 Å². The van der Waals surface area contributed by atoms with Crippen LogP contribution in [0.5, 0.6) is 0 Å². The van der Waals surface area contributed by atoms with Crippen molar-refractivity contribution in [3.8, 4) is 0 Å². The lowest BCUT2D eigenvalue weighted by molar-refractivity contribution is -0.132. The van der Waals surface area contributed by atoms with Crippen LogP contribution in [0.1, 0.15) is 45.4 Å². The summed E-state index contributed by atoms with van der Waals surface area (Å²) in [5.74, 6) is -0.958. The minimum Gasteiger partial charge on any atom is -0.351 e. The number of nitrogens with one attached hydrogen (secondary N) is 2. The molecule has 0 radical (unpaired) electrons. The topological polar surface area (TPSA) is 96.3 Å². The average molecular weight is 460 g/mol. The predicted octanol–water partition coefficient (Wildman–Crippen LogP) is 2.41. The van der Waals surface area contributed by atoms with Gasteiger partial charge in [-0.25, -0.2) is 0 Å². The van der Waals surface area contributed by atoms with E-state index >= 15 is 0 Å². The Bertz CT molecular complexity index is 1180. The van der Waals surface area contributed by atoms with E-state index in [1.807, 2.05) is 48.5 Å². The highest BCUT2D eigenvalue weighted by Gasteiger charge is 2.46. The molecule has 3 aromatic rings. The lowest BCUT2D eigenvalue weighted by atomic mass is 9.96. The number of aryl methyl sites for hydroxylation is 1. The summed E-state index contributed by atoms with van der Waals surface area (Å²) in [5, 5.41) is 10.1. The molecule has 2 N–H and O–H groups in total. The number of likely N-dealkylation sites (N-methyl/N-ethyl adjacent to an activating group) is 1. The molecule has 8 nitrogen and oxygen atoms in total. The maximum absolute atomic E-state index is 13.1. The Balaban J connectivity index is 1.39. The highest BCUT2D eigenvalue weighted by molar-refractivity contribution is 6.01. The average Bonchev–Trinajstić information content (AvgIpc) is 3.29. The second-order valence-electron chi connectivity index (χ2n) is 8.72. The Morgan fingerprint density at radius 2 is 1.65 bits per heavy atom. The first-order valence-electron chi connectivity index (χ1n) is 11.4. The number of nitrogens with zero attached hydrogens (tertiary/aromatic N) is 3. The van der Waals surface area contributed by atoms with Crippen molar-refractivity contribution in [1.82, 2.24) is 25.3 Å². The van der Waals surface area contributed by atoms with Gasteiger partial charge in [-0.1, -0.05) is 60.7 Å². The Kier molecular flexibility index (Phi) is 6.77. The largest absolute Gasteiger partial charge is 0.351 e. The molecule has 1 aliphatic heterocycles. The SMILES string of the molecule is CN1C(=O)c2cc(C(=O)NCCCc3ccccc3)nn2C[C@]1(C)C(=O)NCc1ccccc1. The normalized spacial score (nSPS) is 17.2. The third-order valence-corrected chi connectivity index (χ3v) is 6.29. The van der Waals surface area contributed by atoms with Crippen molar-refractivity contribution in [2.75, 3.05) is 13.6 Å². The molecule has 1 atom stereocenters. The quantitative estimate of drug-likeness (QED) is 0.506. The Morgan fingerprint density at radius 3 is 2.32 bits per heavy atom. The molecule has 1 aliphatic rings. The number of benzene rings is 2. The van der Waals surface area contributed by atoms with E-state index in [0.29, 0.717) is 18.8 Å². The first-order valence-corrected chi connectivity index (χ1v) is 11.4. The fourth-order valence-corrected chi connectivity index (χ4v) is 4.04. The molecule has 8 heteroatoms. The van der Waals surface area contributed by atoms with Crippen molar-refractivity contribution < 1.29 is 14.4 Å². The maximum atomic E-state index is 13.1. The molecule has 0 spiro atoms. The number of rotatable bonds is 8. The molecule has 2 aromatic carbocycles. The first-order chi connectivity index (χ1) is 16.4. The van der Waals surface area contributed by atoms with Crippen molar-refractivity contribution in [2.45, 2.75) is 38.4 Å². The van der Waals surface area contributed by atoms with Crippen LogP contribution in [0.15, 0.2) is 66.7 Å². The van der Waals surface area contributed by atoms with Crippen LogP contribution in [0.25, 0.3) is 0 Å². The smallest absolute Gasteiger partial charge is 0.272 e. The van der Waals surface area contributed by atoms with Crippen LogP contribution >= 0.6 is 0 Å². The van der Waals surface area contributed by atoms with Crippen LogP contribution in [-0.4, -0.2) is 51.5 Å². The summed E-state index contributed by atoms with van der Waals surface area (Å²) in [6, 6.07) is 21.1. The molecule has 0 saturated carbocycles. The molecular formula is C26H29N5O3. The van der Waals surface area contributed by atoms with Crippen molar-refractivity contribution in [3.05, 3.63) is 89.2 Å². The van der Waals surface area contributed by atoms with Gasteiger partial charge in [-0.05, 0) is 30.9 Å². The highest BCUT2D eigenvalue weighted by Crippen LogP contribution is 2.26. The Hall–Kier alpha value is -3.94. The number of amides is 3. The minimum atomic E-state index is -1.13. The molecule has 0 aliphatic carbocycles. The fraction of sp³-hybridized carbons (Fsp3) is 0.308. The lowest BCUT2D eigenvalue weighted by Crippen LogP contribution is -2.62. The molecule has 176 valence electrons. The van der Waals surface area contributed by atoms with E-state index in [1.165, 1.54) is 21.2 Å². The first kappa shape index (κ1) is 23.2. The zero-order chi connectivity index (χ0) is 24.1. The Labute approximate surface area is 199 Å². The summed E-state index contributed by atoms with van der Waals surface area (Å²) in [7, 11) is 1.60. The van der Waals surface area contributed by atoms with Crippen molar-refractivity contribution >= 4 is 17.7 Å². The van der Waals surface area contributed by atoms with E-state index in [2.05, 4.69) is 27.9 Å². The standard InChI is InChI=1S/C26H29N5O3/c1-26(25(34)28-17-20-12-7-4-8-13-20)18-31-22(24(33)30(26)2)16-21(29-31)23(32)27-15-9-14-19-10-5-3-6-11-19/h3-8,10-13,16H,9,14-15,17-18H2,1-2H3,(H,27,32)(H,28,34)/t26-/m1/s1. The summed E-state index contributed by atoms with van der Waals surface area (Å²) >= 11 is 0. The van der Waals surface area contributed by atoms with Crippen LogP contribution < -0.4 is 10.6 Å². The van der Waals surface area contributed by atoms with Crippen LogP contribution in [0.4, 0.5) is 0 Å². The number of hydrogen-bond donors (Lipinski definition) is 2. The van der Waals surface area contributed by atoms with Crippen LogP contribution in [0.2, 0.25) is 0 Å². The minimum absolute atomic E-state index is 0.159. The van der Waals surface area contributed by atoms with Crippen LogP contribution in [0, 0.1) is 0 Å². The summed E-state index contributed by atoms with van der Waals surface area (Å²) in [5.41, 5.74) is 1.52. The van der Waals surface area contributed by atoms with Gasteiger partial charge >= 0.3 is 0 Å². The van der Waals surface area contributed by atoms with Gasteiger partial charge < -0.3 is 15.5 Å². The lowest BCUT2D eigenvalue weighted by Gasteiger charge is -2.40. The molecule has 1 aromatic heterocycles. The summed E-state index contributed by atoms with van der Waals surface area (Å²) < 4.78 is 1.46. The van der Waals surface area contributed by atoms with Crippen LogP contribution in [-0.2, 0) is 24.3 Å². The molecule has 4 rings (SSSR count). The van der Waals surface area contributed by atoms with Gasteiger partial charge in [-0.2, -0.15) is 5.10 Å². The van der Waals surface area contributed by atoms with E-state index < -0.39 is 5.54 Å². The molecule has 0 fully saturated rings. The van der Waals surface area contributed by atoms with E-state index in [9.17, 15) is 14.4 Å².